The number of nitrogens with one attached hydrogen (secondary N) is 1. The predicted octanol–water partition coefficient (Wildman–Crippen LogP) is 3.48. The van der Waals surface area contributed by atoms with Crippen LogP contribution in [-0.4, -0.2) is 29.7 Å². The summed E-state index contributed by atoms with van der Waals surface area (Å²) in [5, 5.41) is 16.5. The topological polar surface area (TPSA) is 125 Å². The molecular formula is C20H23N7O3. The van der Waals surface area contributed by atoms with Crippen LogP contribution in [0.25, 0.3) is 11.0 Å². The fourth-order valence-corrected chi connectivity index (χ4v) is 3.08. The van der Waals surface area contributed by atoms with Gasteiger partial charge in [-0.2, -0.15) is 5.26 Å². The molecule has 1 aromatic carbocycles. The molecule has 0 aliphatic rings. The Balaban J connectivity index is 1.63. The molecule has 0 bridgehead atoms. The highest BCUT2D eigenvalue weighted by molar-refractivity contribution is 5.81. The van der Waals surface area contributed by atoms with Crippen molar-refractivity contribution in [3.05, 3.63) is 48.3 Å². The lowest BCUT2D eigenvalue weighted by molar-refractivity contribution is -0.256. The number of anilines is 3. The quantitative estimate of drug-likeness (QED) is 0.338. The second kappa shape index (κ2) is 7.23. The summed E-state index contributed by atoms with van der Waals surface area (Å²) in [4.78, 5) is 14.0. The van der Waals surface area contributed by atoms with Gasteiger partial charge in [0.25, 0.3) is 0 Å². The van der Waals surface area contributed by atoms with Gasteiger partial charge in [0, 0.05) is 36.9 Å². The fourth-order valence-electron chi connectivity index (χ4n) is 3.08. The van der Waals surface area contributed by atoms with Gasteiger partial charge in [-0.1, -0.05) is 25.6 Å². The van der Waals surface area contributed by atoms with Gasteiger partial charge >= 0.3 is 0 Å². The number of hydrogen-bond acceptors (Lipinski definition) is 8. The number of imidazole rings is 1. The van der Waals surface area contributed by atoms with Crippen molar-refractivity contribution < 1.29 is 15.0 Å². The predicted molar refractivity (Wildman–Crippen MR) is 113 cm³/mol. The van der Waals surface area contributed by atoms with Gasteiger partial charge in [-0.25, -0.2) is 15.0 Å². The fraction of sp³-hybridized carbons (Fsp3) is 0.250. The molecule has 0 radical (unpaired) electrons. The van der Waals surface area contributed by atoms with Gasteiger partial charge in [0.2, 0.25) is 5.95 Å². The third-order valence-electron chi connectivity index (χ3n) is 4.60. The van der Waals surface area contributed by atoms with E-state index in [-0.39, 0.29) is 5.41 Å². The molecule has 0 atom stereocenters. The van der Waals surface area contributed by atoms with Crippen LogP contribution in [0.1, 0.15) is 26.5 Å². The lowest BCUT2D eigenvalue weighted by Crippen LogP contribution is -2.21. The van der Waals surface area contributed by atoms with E-state index in [2.05, 4.69) is 25.4 Å². The lowest BCUT2D eigenvalue weighted by atomic mass is 9.92. The molecule has 0 unspecified atom stereocenters. The van der Waals surface area contributed by atoms with Crippen molar-refractivity contribution in [2.75, 3.05) is 11.1 Å². The maximum absolute atomic E-state index is 9.13. The second-order valence-corrected chi connectivity index (χ2v) is 7.91. The van der Waals surface area contributed by atoms with E-state index in [1.165, 1.54) is 0 Å². The summed E-state index contributed by atoms with van der Waals surface area (Å²) in [6, 6.07) is 10.8. The number of aromatic nitrogens is 5. The van der Waals surface area contributed by atoms with Crippen molar-refractivity contribution in [2.24, 2.45) is 7.05 Å². The minimum atomic E-state index is -0.273. The zero-order valence-electron chi connectivity index (χ0n) is 17.1. The molecule has 0 amide bonds. The van der Waals surface area contributed by atoms with Crippen LogP contribution < -0.4 is 20.8 Å². The molecule has 0 saturated heterocycles. The molecule has 0 aliphatic heterocycles. The van der Waals surface area contributed by atoms with Gasteiger partial charge in [-0.3, -0.25) is 0 Å². The van der Waals surface area contributed by atoms with E-state index in [1.54, 1.807) is 24.4 Å². The average molecular weight is 409 g/mol. The Kier molecular flexibility index (Phi) is 4.70. The molecule has 0 aliphatic carbocycles. The minimum Gasteiger partial charge on any atom is -0.457 e. The molecule has 10 heteroatoms. The average Bonchev–Trinajstić information content (AvgIpc) is 3.24. The van der Waals surface area contributed by atoms with Crippen molar-refractivity contribution in [2.45, 2.75) is 26.2 Å². The number of hydrogen-bond donors (Lipinski definition) is 3. The van der Waals surface area contributed by atoms with E-state index in [0.29, 0.717) is 34.8 Å². The number of ether oxygens (including phenoxy) is 1. The summed E-state index contributed by atoms with van der Waals surface area (Å²) in [5.41, 5.74) is 7.79. The maximum atomic E-state index is 9.13. The van der Waals surface area contributed by atoms with Gasteiger partial charge in [0.15, 0.2) is 5.82 Å². The Labute approximate surface area is 172 Å². The van der Waals surface area contributed by atoms with Crippen molar-refractivity contribution in [1.82, 2.24) is 24.5 Å². The number of rotatable bonds is 5. The molecule has 0 fully saturated rings. The van der Waals surface area contributed by atoms with Crippen molar-refractivity contribution in [3.8, 4) is 11.5 Å². The lowest BCUT2D eigenvalue weighted by Gasteiger charge is -2.16. The van der Waals surface area contributed by atoms with Crippen molar-refractivity contribution in [3.63, 3.8) is 0 Å². The Bertz CT molecular complexity index is 1210. The SMILES string of the molecule is Cn1c(Nc2cc(C(C)(C)C)n(OO)n2)nc2ccc(Oc3ccnc(N)c3)cc21. The van der Waals surface area contributed by atoms with Gasteiger partial charge in [0.05, 0.1) is 16.7 Å². The van der Waals surface area contributed by atoms with Crippen molar-refractivity contribution in [1.29, 1.82) is 0 Å². The molecule has 4 N–H and O–H groups in total. The first-order valence-corrected chi connectivity index (χ1v) is 9.30. The standard InChI is InChI=1S/C20H23N7O3/c1-20(2,3)16-11-18(25-27(16)30-28)24-19-23-14-6-5-12(9-15(14)26(19)4)29-13-7-8-22-17(21)10-13/h5-11,28H,1-4H3,(H2,21,22)(H,23,24,25). The molecule has 3 heterocycles. The molecular weight excluding hydrogens is 386 g/mol. The largest absolute Gasteiger partial charge is 0.457 e. The van der Waals surface area contributed by atoms with E-state index in [4.69, 9.17) is 15.7 Å². The molecule has 3 aromatic heterocycles. The first-order chi connectivity index (χ1) is 14.2. The van der Waals surface area contributed by atoms with Gasteiger partial charge in [-0.05, 0) is 18.2 Å². The van der Waals surface area contributed by atoms with E-state index in [9.17, 15) is 0 Å². The molecule has 10 nitrogen and oxygen atoms in total. The molecule has 0 saturated carbocycles. The van der Waals surface area contributed by atoms with Crippen LogP contribution in [0.15, 0.2) is 42.6 Å². The van der Waals surface area contributed by atoms with E-state index >= 15 is 0 Å². The highest BCUT2D eigenvalue weighted by Gasteiger charge is 2.23. The minimum absolute atomic E-state index is 0.273. The summed E-state index contributed by atoms with van der Waals surface area (Å²) >= 11 is 0. The smallest absolute Gasteiger partial charge is 0.209 e. The number of nitrogens with zero attached hydrogens (tertiary/aromatic N) is 5. The number of fused-ring (bicyclic) bond motifs is 1. The Morgan fingerprint density at radius 2 is 1.87 bits per heavy atom. The van der Waals surface area contributed by atoms with Crippen LogP contribution in [0.3, 0.4) is 0 Å². The number of nitrogens with two attached hydrogens (primary N) is 1. The molecule has 30 heavy (non-hydrogen) atoms. The van der Waals surface area contributed by atoms with Crippen LogP contribution >= 0.6 is 0 Å². The first-order valence-electron chi connectivity index (χ1n) is 9.30. The van der Waals surface area contributed by atoms with Crippen molar-refractivity contribution >= 4 is 28.6 Å². The Morgan fingerprint density at radius 1 is 1.10 bits per heavy atom. The number of aryl methyl sites for hydroxylation is 1. The van der Waals surface area contributed by atoms with Crippen LogP contribution in [0, 0.1) is 0 Å². The Morgan fingerprint density at radius 3 is 2.53 bits per heavy atom. The van der Waals surface area contributed by atoms with Gasteiger partial charge in [-0.15, -0.1) is 5.10 Å². The third-order valence-corrected chi connectivity index (χ3v) is 4.60. The summed E-state index contributed by atoms with van der Waals surface area (Å²) < 4.78 is 7.77. The van der Waals surface area contributed by atoms with E-state index < -0.39 is 0 Å². The van der Waals surface area contributed by atoms with Crippen LogP contribution in [0.5, 0.6) is 11.5 Å². The van der Waals surface area contributed by atoms with Gasteiger partial charge in [0.1, 0.15) is 17.3 Å². The highest BCUT2D eigenvalue weighted by Crippen LogP contribution is 2.29. The monoisotopic (exact) mass is 409 g/mol. The number of pyridine rings is 1. The summed E-state index contributed by atoms with van der Waals surface area (Å²) in [6.45, 7) is 5.99. The van der Waals surface area contributed by atoms with Crippen LogP contribution in [0.2, 0.25) is 0 Å². The summed E-state index contributed by atoms with van der Waals surface area (Å²) in [6.07, 6.45) is 1.59. The maximum Gasteiger partial charge on any atom is 0.209 e. The Hall–Kier alpha value is -3.79. The zero-order chi connectivity index (χ0) is 21.5. The molecule has 156 valence electrons. The summed E-state index contributed by atoms with van der Waals surface area (Å²) in [5.74, 6) is 2.72. The normalized spacial score (nSPS) is 11.6. The van der Waals surface area contributed by atoms with Crippen LogP contribution in [-0.2, 0) is 12.5 Å². The van der Waals surface area contributed by atoms with Gasteiger partial charge < -0.3 is 20.4 Å². The first kappa shape index (κ1) is 19.5. The van der Waals surface area contributed by atoms with E-state index in [1.807, 2.05) is 50.6 Å². The van der Waals surface area contributed by atoms with E-state index in [0.717, 1.165) is 15.9 Å². The summed E-state index contributed by atoms with van der Waals surface area (Å²) in [7, 11) is 1.88. The third kappa shape index (κ3) is 3.72. The number of nitrogen functional groups attached to an aromatic ring is 1. The molecule has 4 aromatic rings. The second-order valence-electron chi connectivity index (χ2n) is 7.91. The molecule has 4 rings (SSSR count). The molecule has 0 spiro atoms. The highest BCUT2D eigenvalue weighted by atomic mass is 17.2. The van der Waals surface area contributed by atoms with Crippen LogP contribution in [0.4, 0.5) is 17.6 Å². The number of benzene rings is 1. The zero-order valence-corrected chi connectivity index (χ0v) is 17.1.